The number of carbonyl (C=O) groups excluding carboxylic acids is 3. The van der Waals surface area contributed by atoms with Crippen LogP contribution in [0.5, 0.6) is 0 Å². The fourth-order valence-electron chi connectivity index (χ4n) is 7.10. The summed E-state index contributed by atoms with van der Waals surface area (Å²) in [7, 11) is 0. The van der Waals surface area contributed by atoms with Crippen LogP contribution < -0.4 is 21.9 Å². The molecule has 0 atom stereocenters. The van der Waals surface area contributed by atoms with Crippen molar-refractivity contribution in [1.29, 1.82) is 0 Å². The van der Waals surface area contributed by atoms with Crippen molar-refractivity contribution in [3.63, 3.8) is 0 Å². The van der Waals surface area contributed by atoms with Gasteiger partial charge in [-0.3, -0.25) is 24.0 Å². The number of carbonyl (C=O) groups is 3. The molecule has 304 valence electrons. The average Bonchev–Trinajstić information content (AvgIpc) is 3.24. The van der Waals surface area contributed by atoms with Crippen molar-refractivity contribution in [2.24, 2.45) is 0 Å². The molecule has 0 saturated heterocycles. The van der Waals surface area contributed by atoms with Crippen molar-refractivity contribution in [2.75, 3.05) is 11.1 Å². The van der Waals surface area contributed by atoms with E-state index in [1.807, 2.05) is 104 Å². The Morgan fingerprint density at radius 3 is 1.48 bits per heavy atom. The predicted octanol–water partition coefficient (Wildman–Crippen LogP) is 8.13. The van der Waals surface area contributed by atoms with E-state index in [1.165, 1.54) is 6.92 Å². The van der Waals surface area contributed by atoms with Crippen molar-refractivity contribution in [1.82, 2.24) is 19.1 Å². The van der Waals surface area contributed by atoms with Gasteiger partial charge in [-0.25, -0.2) is 9.97 Å². The van der Waals surface area contributed by atoms with Gasteiger partial charge in [0.1, 0.15) is 11.6 Å². The second-order valence-corrected chi connectivity index (χ2v) is 15.0. The fraction of sp³-hybridized carbons (Fsp3) is 0.140. The number of nitrogens with two attached hydrogens (primary N) is 1. The van der Waals surface area contributed by atoms with Gasteiger partial charge in [0.05, 0.1) is 46.6 Å². The fourth-order valence-corrected chi connectivity index (χ4v) is 7.10. The van der Waals surface area contributed by atoms with Crippen LogP contribution in [0.3, 0.4) is 0 Å². The lowest BCUT2D eigenvalue weighted by atomic mass is 9.99. The van der Waals surface area contributed by atoms with E-state index in [9.17, 15) is 24.0 Å². The van der Waals surface area contributed by atoms with Gasteiger partial charge >= 0.3 is 0 Å². The highest BCUT2D eigenvalue weighted by molar-refractivity contribution is 6.11. The van der Waals surface area contributed by atoms with E-state index >= 15 is 0 Å². The molecule has 8 aromatic rings. The number of aryl methyl sites for hydroxylation is 4. The van der Waals surface area contributed by atoms with Gasteiger partial charge < -0.3 is 20.2 Å². The molecule has 8 rings (SSSR count). The van der Waals surface area contributed by atoms with E-state index in [0.717, 1.165) is 33.5 Å². The molecule has 0 unspecified atom stereocenters. The number of nitrogens with zero attached hydrogens (tertiary/aromatic N) is 4. The molecule has 61 heavy (non-hydrogen) atoms. The van der Waals surface area contributed by atoms with Crippen LogP contribution in [0.1, 0.15) is 72.4 Å². The van der Waals surface area contributed by atoms with Crippen molar-refractivity contribution >= 4 is 50.9 Å². The minimum absolute atomic E-state index is 0.116. The number of ketones is 2. The van der Waals surface area contributed by atoms with Gasteiger partial charge in [-0.05, 0) is 111 Å². The largest absolute Gasteiger partial charge is 0.384 e. The van der Waals surface area contributed by atoms with E-state index in [2.05, 4.69) is 15.3 Å². The number of pyridine rings is 4. The Balaban J connectivity index is 0.000000185. The third-order valence-corrected chi connectivity index (χ3v) is 10.6. The number of rotatable bonds is 9. The molecule has 1 amide bonds. The number of anilines is 2. The quantitative estimate of drug-likeness (QED) is 0.138. The lowest BCUT2D eigenvalue weighted by molar-refractivity contribution is -0.114. The van der Waals surface area contributed by atoms with Crippen molar-refractivity contribution in [3.05, 3.63) is 210 Å². The summed E-state index contributed by atoms with van der Waals surface area (Å²) in [5.41, 5.74) is 13.6. The Morgan fingerprint density at radius 2 is 1.02 bits per heavy atom. The van der Waals surface area contributed by atoms with Gasteiger partial charge in [0.25, 0.3) is 0 Å². The monoisotopic (exact) mass is 808 g/mol. The molecule has 11 nitrogen and oxygen atoms in total. The van der Waals surface area contributed by atoms with E-state index in [0.29, 0.717) is 57.8 Å². The van der Waals surface area contributed by atoms with Crippen LogP contribution in [0, 0.1) is 27.7 Å². The second kappa shape index (κ2) is 17.6. The maximum absolute atomic E-state index is 13.3. The topological polar surface area (TPSA) is 159 Å². The molecule has 4 heterocycles. The highest BCUT2D eigenvalue weighted by Gasteiger charge is 2.20. The maximum Gasteiger partial charge on any atom is 0.222 e. The number of hydrogen-bond donors (Lipinski definition) is 2. The van der Waals surface area contributed by atoms with Gasteiger partial charge in [0, 0.05) is 41.2 Å². The molecule has 0 bridgehead atoms. The summed E-state index contributed by atoms with van der Waals surface area (Å²) >= 11 is 0. The first-order valence-corrected chi connectivity index (χ1v) is 19.7. The number of aromatic nitrogens is 4. The van der Waals surface area contributed by atoms with Gasteiger partial charge in [0.15, 0.2) is 11.6 Å². The minimum Gasteiger partial charge on any atom is -0.384 e. The third-order valence-electron chi connectivity index (χ3n) is 10.6. The summed E-state index contributed by atoms with van der Waals surface area (Å²) in [6.07, 6.45) is 3.24. The Morgan fingerprint density at radius 1 is 0.557 bits per heavy atom. The Bertz CT molecular complexity index is 3150. The van der Waals surface area contributed by atoms with Gasteiger partial charge in [-0.15, -0.1) is 0 Å². The number of benzene rings is 4. The summed E-state index contributed by atoms with van der Waals surface area (Å²) in [4.78, 5) is 72.9. The zero-order valence-electron chi connectivity index (χ0n) is 34.5. The third kappa shape index (κ3) is 9.11. The molecule has 4 aromatic carbocycles. The first-order valence-electron chi connectivity index (χ1n) is 19.7. The van der Waals surface area contributed by atoms with Crippen LogP contribution >= 0.6 is 0 Å². The molecule has 11 heteroatoms. The zero-order valence-corrected chi connectivity index (χ0v) is 34.5. The number of nitrogens with one attached hydrogen (secondary N) is 1. The highest BCUT2D eigenvalue weighted by atomic mass is 16.2. The lowest BCUT2D eigenvalue weighted by Gasteiger charge is -2.14. The Hall–Kier alpha value is -7.79. The van der Waals surface area contributed by atoms with Crippen LogP contribution in [-0.4, -0.2) is 36.6 Å². The van der Waals surface area contributed by atoms with Crippen LogP contribution in [0.15, 0.2) is 143 Å². The van der Waals surface area contributed by atoms with Gasteiger partial charge in [-0.1, -0.05) is 60.7 Å². The molecule has 0 aliphatic carbocycles. The molecule has 0 spiro atoms. The van der Waals surface area contributed by atoms with Crippen LogP contribution in [0.4, 0.5) is 11.6 Å². The number of hydrogen-bond acceptors (Lipinski definition) is 8. The molecule has 0 saturated carbocycles. The lowest BCUT2D eigenvalue weighted by Crippen LogP contribution is -2.20. The van der Waals surface area contributed by atoms with Crippen molar-refractivity contribution in [2.45, 2.75) is 47.7 Å². The van der Waals surface area contributed by atoms with E-state index in [-0.39, 0.29) is 39.5 Å². The van der Waals surface area contributed by atoms with Crippen molar-refractivity contribution in [3.8, 4) is 0 Å². The number of nitrogen functional groups attached to an aromatic ring is 1. The normalized spacial score (nSPS) is 10.9. The summed E-state index contributed by atoms with van der Waals surface area (Å²) in [6.45, 7) is 10.0. The number of amides is 1. The zero-order chi connectivity index (χ0) is 43.4. The first-order chi connectivity index (χ1) is 29.3. The summed E-state index contributed by atoms with van der Waals surface area (Å²) in [5, 5.41) is 3.65. The molecule has 0 radical (unpaired) electrons. The summed E-state index contributed by atoms with van der Waals surface area (Å²) < 4.78 is 3.73. The second-order valence-electron chi connectivity index (χ2n) is 15.0. The standard InChI is InChI=1S/C26H23N3O3.C24H21N3O2/c1-16-11-12-19(13-17(16)2)25(31)22-15-29(23-9-5-4-8-21(23)26(22)32)14-20-7-6-10-24(28-20)27-18(3)30;1-15-10-11-17(12-16(15)2)23(28)20-14-27(13-18-6-5-9-22(25)26-18)21-8-4-3-7-19(21)24(20)29/h4-13,15H,14H2,1-3H3,(H,27,28,30);3-12,14H,13H2,1-2H3,(H2,25,26). The predicted molar refractivity (Wildman–Crippen MR) is 241 cm³/mol. The molecule has 0 fully saturated rings. The van der Waals surface area contributed by atoms with E-state index in [1.54, 1.807) is 67.0 Å². The van der Waals surface area contributed by atoms with Crippen LogP contribution in [0.2, 0.25) is 0 Å². The molecule has 4 aromatic heterocycles. The smallest absolute Gasteiger partial charge is 0.222 e. The molecular formula is C50H44N6O5. The van der Waals surface area contributed by atoms with Gasteiger partial charge in [0.2, 0.25) is 16.8 Å². The Labute approximate surface area is 352 Å². The van der Waals surface area contributed by atoms with Crippen LogP contribution in [-0.2, 0) is 17.9 Å². The molecular weight excluding hydrogens is 765 g/mol. The SMILES string of the molecule is CC(=O)Nc1cccc(Cn2cc(C(=O)c3ccc(C)c(C)c3)c(=O)c3ccccc32)n1.Cc1ccc(C(=O)c2cn(Cc3cccc(N)n3)c3ccccc3c2=O)cc1C. The molecule has 0 aliphatic heterocycles. The highest BCUT2D eigenvalue weighted by Crippen LogP contribution is 2.20. The maximum atomic E-state index is 13.3. The molecule has 0 aliphatic rings. The Kier molecular flexibility index (Phi) is 11.9. The summed E-state index contributed by atoms with van der Waals surface area (Å²) in [6, 6.07) is 36.2. The first kappa shape index (κ1) is 41.4. The number of para-hydroxylation sites is 2. The van der Waals surface area contributed by atoms with E-state index in [4.69, 9.17) is 5.73 Å². The van der Waals surface area contributed by atoms with Crippen LogP contribution in [0.25, 0.3) is 21.8 Å². The van der Waals surface area contributed by atoms with Crippen molar-refractivity contribution < 1.29 is 14.4 Å². The number of fused-ring (bicyclic) bond motifs is 2. The summed E-state index contributed by atoms with van der Waals surface area (Å²) in [5.74, 6) is 0.0893. The van der Waals surface area contributed by atoms with Gasteiger partial charge in [-0.2, -0.15) is 0 Å². The molecule has 3 N–H and O–H groups in total. The van der Waals surface area contributed by atoms with E-state index < -0.39 is 0 Å². The average molecular weight is 809 g/mol. The minimum atomic E-state index is -0.308.